The first-order valence-electron chi connectivity index (χ1n) is 6.26. The quantitative estimate of drug-likeness (QED) is 0.638. The minimum atomic E-state index is 0.245. The molecule has 0 aliphatic heterocycles. The van der Waals surface area contributed by atoms with Crippen LogP contribution in [0.5, 0.6) is 0 Å². The number of hydrazine groups is 1. The molecule has 18 heavy (non-hydrogen) atoms. The van der Waals surface area contributed by atoms with Gasteiger partial charge in [0.2, 0.25) is 0 Å². The summed E-state index contributed by atoms with van der Waals surface area (Å²) in [6.45, 7) is 4.29. The maximum atomic E-state index is 5.67. The van der Waals surface area contributed by atoms with Gasteiger partial charge in [0.1, 0.15) is 0 Å². The first-order chi connectivity index (χ1) is 8.70. The predicted molar refractivity (Wildman–Crippen MR) is 78.6 cm³/mol. The summed E-state index contributed by atoms with van der Waals surface area (Å²) in [6, 6.07) is 11.0. The molecule has 0 radical (unpaired) electrons. The molecule has 0 saturated heterocycles. The zero-order valence-corrected chi connectivity index (χ0v) is 11.8. The number of thiophene rings is 1. The molecule has 0 saturated carbocycles. The summed E-state index contributed by atoms with van der Waals surface area (Å²) >= 11 is 1.78. The number of nitrogens with one attached hydrogen (secondary N) is 1. The van der Waals surface area contributed by atoms with Crippen molar-refractivity contribution in [3.05, 3.63) is 57.3 Å². The third-order valence-corrected chi connectivity index (χ3v) is 4.20. The highest BCUT2D eigenvalue weighted by Gasteiger charge is 2.11. The van der Waals surface area contributed by atoms with Gasteiger partial charge >= 0.3 is 0 Å². The molecule has 1 heterocycles. The summed E-state index contributed by atoms with van der Waals surface area (Å²) in [5.74, 6) is 5.67. The van der Waals surface area contributed by atoms with Crippen molar-refractivity contribution in [2.45, 2.75) is 32.7 Å². The van der Waals surface area contributed by atoms with Crippen LogP contribution in [-0.4, -0.2) is 0 Å². The average molecular weight is 260 g/mol. The summed E-state index contributed by atoms with van der Waals surface area (Å²) in [5, 5.41) is 2.19. The molecule has 0 aliphatic rings. The SMILES string of the molecule is Cc1cc(C(CCc2ccccc2C)NN)cs1. The van der Waals surface area contributed by atoms with Crippen molar-refractivity contribution < 1.29 is 0 Å². The van der Waals surface area contributed by atoms with E-state index in [4.69, 9.17) is 5.84 Å². The highest BCUT2D eigenvalue weighted by Crippen LogP contribution is 2.24. The van der Waals surface area contributed by atoms with E-state index in [0.29, 0.717) is 0 Å². The molecule has 3 heteroatoms. The third-order valence-electron chi connectivity index (χ3n) is 3.32. The van der Waals surface area contributed by atoms with Gasteiger partial charge in [-0.1, -0.05) is 24.3 Å². The van der Waals surface area contributed by atoms with Crippen molar-refractivity contribution in [1.29, 1.82) is 0 Å². The molecular formula is C15H20N2S. The van der Waals surface area contributed by atoms with Crippen LogP contribution in [0.2, 0.25) is 0 Å². The van der Waals surface area contributed by atoms with Gasteiger partial charge in [-0.25, -0.2) is 0 Å². The Morgan fingerprint density at radius 2 is 2.06 bits per heavy atom. The number of aryl methyl sites for hydroxylation is 3. The van der Waals surface area contributed by atoms with Crippen molar-refractivity contribution in [1.82, 2.24) is 5.43 Å². The van der Waals surface area contributed by atoms with E-state index in [2.05, 4.69) is 55.0 Å². The summed E-state index contributed by atoms with van der Waals surface area (Å²) in [7, 11) is 0. The van der Waals surface area contributed by atoms with Crippen LogP contribution in [-0.2, 0) is 6.42 Å². The van der Waals surface area contributed by atoms with E-state index < -0.39 is 0 Å². The van der Waals surface area contributed by atoms with Gasteiger partial charge in [0.05, 0.1) is 0 Å². The first kappa shape index (κ1) is 13.3. The average Bonchev–Trinajstić information content (AvgIpc) is 2.79. The minimum Gasteiger partial charge on any atom is -0.271 e. The smallest absolute Gasteiger partial charge is 0.0471 e. The molecule has 1 unspecified atom stereocenters. The second kappa shape index (κ2) is 6.14. The van der Waals surface area contributed by atoms with Crippen molar-refractivity contribution in [3.8, 4) is 0 Å². The van der Waals surface area contributed by atoms with Crippen LogP contribution in [0.4, 0.5) is 0 Å². The lowest BCUT2D eigenvalue weighted by molar-refractivity contribution is 0.517. The van der Waals surface area contributed by atoms with E-state index >= 15 is 0 Å². The molecule has 0 amide bonds. The van der Waals surface area contributed by atoms with Gasteiger partial charge in [0.15, 0.2) is 0 Å². The Morgan fingerprint density at radius 1 is 1.28 bits per heavy atom. The van der Waals surface area contributed by atoms with Crippen LogP contribution in [0.3, 0.4) is 0 Å². The highest BCUT2D eigenvalue weighted by molar-refractivity contribution is 7.10. The molecule has 3 N–H and O–H groups in total. The first-order valence-corrected chi connectivity index (χ1v) is 7.14. The van der Waals surface area contributed by atoms with Gasteiger partial charge in [-0.3, -0.25) is 11.3 Å². The molecule has 2 aromatic rings. The predicted octanol–water partition coefficient (Wildman–Crippen LogP) is 3.50. The van der Waals surface area contributed by atoms with Crippen LogP contribution >= 0.6 is 11.3 Å². The second-order valence-corrected chi connectivity index (χ2v) is 5.79. The molecule has 96 valence electrons. The highest BCUT2D eigenvalue weighted by atomic mass is 32.1. The second-order valence-electron chi connectivity index (χ2n) is 4.68. The van der Waals surface area contributed by atoms with Crippen LogP contribution in [0.1, 0.15) is 34.0 Å². The standard InChI is InChI=1S/C15H20N2S/c1-11-5-3-4-6-13(11)7-8-15(17-16)14-9-12(2)18-10-14/h3-6,9-10,15,17H,7-8,16H2,1-2H3. The lowest BCUT2D eigenvalue weighted by Crippen LogP contribution is -2.28. The number of hydrogen-bond acceptors (Lipinski definition) is 3. The van der Waals surface area contributed by atoms with Crippen LogP contribution in [0.15, 0.2) is 35.7 Å². The van der Waals surface area contributed by atoms with E-state index in [1.54, 1.807) is 11.3 Å². The summed E-state index contributed by atoms with van der Waals surface area (Å²) in [4.78, 5) is 1.33. The molecule has 0 fully saturated rings. The number of benzene rings is 1. The van der Waals surface area contributed by atoms with E-state index in [0.717, 1.165) is 12.8 Å². The Morgan fingerprint density at radius 3 is 2.67 bits per heavy atom. The molecule has 1 atom stereocenters. The minimum absolute atomic E-state index is 0.245. The van der Waals surface area contributed by atoms with Gasteiger partial charge < -0.3 is 0 Å². The fraction of sp³-hybridized carbons (Fsp3) is 0.333. The van der Waals surface area contributed by atoms with Crippen molar-refractivity contribution in [2.75, 3.05) is 0 Å². The van der Waals surface area contributed by atoms with Gasteiger partial charge in [0, 0.05) is 10.9 Å². The number of nitrogens with two attached hydrogens (primary N) is 1. The van der Waals surface area contributed by atoms with Crippen LogP contribution in [0.25, 0.3) is 0 Å². The van der Waals surface area contributed by atoms with Crippen molar-refractivity contribution in [2.24, 2.45) is 5.84 Å². The molecule has 0 aliphatic carbocycles. The largest absolute Gasteiger partial charge is 0.271 e. The van der Waals surface area contributed by atoms with Gasteiger partial charge in [-0.15, -0.1) is 11.3 Å². The molecule has 2 rings (SSSR count). The molecule has 2 nitrogen and oxygen atoms in total. The zero-order chi connectivity index (χ0) is 13.0. The molecule has 1 aromatic heterocycles. The zero-order valence-electron chi connectivity index (χ0n) is 10.9. The van der Waals surface area contributed by atoms with E-state index in [-0.39, 0.29) is 6.04 Å². The Balaban J connectivity index is 2.02. The molecule has 1 aromatic carbocycles. The fourth-order valence-corrected chi connectivity index (χ4v) is 2.94. The Bertz CT molecular complexity index is 505. The Hall–Kier alpha value is -1.16. The maximum absolute atomic E-state index is 5.67. The van der Waals surface area contributed by atoms with Crippen LogP contribution in [0, 0.1) is 13.8 Å². The number of hydrogen-bond donors (Lipinski definition) is 2. The van der Waals surface area contributed by atoms with Crippen molar-refractivity contribution in [3.63, 3.8) is 0 Å². The van der Waals surface area contributed by atoms with Gasteiger partial charge in [-0.05, 0) is 54.8 Å². The normalized spacial score (nSPS) is 12.6. The Kier molecular flexibility index (Phi) is 4.53. The molecule has 0 bridgehead atoms. The number of rotatable bonds is 5. The van der Waals surface area contributed by atoms with Crippen LogP contribution < -0.4 is 11.3 Å². The fourth-order valence-electron chi connectivity index (χ4n) is 2.18. The topological polar surface area (TPSA) is 38.0 Å². The lowest BCUT2D eigenvalue weighted by atomic mass is 9.98. The van der Waals surface area contributed by atoms with E-state index in [1.165, 1.54) is 21.6 Å². The summed E-state index contributed by atoms with van der Waals surface area (Å²) in [5.41, 5.74) is 6.99. The maximum Gasteiger partial charge on any atom is 0.0471 e. The summed E-state index contributed by atoms with van der Waals surface area (Å²) in [6.07, 6.45) is 2.08. The van der Waals surface area contributed by atoms with Gasteiger partial charge in [0.25, 0.3) is 0 Å². The molecule has 0 spiro atoms. The summed E-state index contributed by atoms with van der Waals surface area (Å²) < 4.78 is 0. The van der Waals surface area contributed by atoms with Crippen molar-refractivity contribution >= 4 is 11.3 Å². The lowest BCUT2D eigenvalue weighted by Gasteiger charge is -2.15. The third kappa shape index (κ3) is 3.19. The van der Waals surface area contributed by atoms with E-state index in [1.807, 2.05) is 0 Å². The van der Waals surface area contributed by atoms with Gasteiger partial charge in [-0.2, -0.15) is 0 Å². The Labute approximate surface area is 113 Å². The van der Waals surface area contributed by atoms with E-state index in [9.17, 15) is 0 Å². The molecular weight excluding hydrogens is 240 g/mol. The monoisotopic (exact) mass is 260 g/mol.